The van der Waals surface area contributed by atoms with E-state index < -0.39 is 5.38 Å². The first-order valence-electron chi connectivity index (χ1n) is 9.07. The summed E-state index contributed by atoms with van der Waals surface area (Å²) in [6, 6.07) is 9.47. The van der Waals surface area contributed by atoms with Crippen LogP contribution in [0.2, 0.25) is 5.02 Å². The normalized spacial score (nSPS) is 17.0. The van der Waals surface area contributed by atoms with Crippen molar-refractivity contribution in [3.63, 3.8) is 0 Å². The lowest BCUT2D eigenvalue weighted by atomic mass is 9.93. The number of carbonyl (C=O) groups excluding carboxylic acids is 2. The number of alkyl halides is 1. The molecule has 1 aromatic heterocycles. The lowest BCUT2D eigenvalue weighted by Gasteiger charge is -2.37. The summed E-state index contributed by atoms with van der Waals surface area (Å²) in [5, 5.41) is 2.02. The average Bonchev–Trinajstić information content (AvgIpc) is 3.15. The Kier molecular flexibility index (Phi) is 6.81. The van der Waals surface area contributed by atoms with Gasteiger partial charge >= 0.3 is 0 Å². The molecule has 3 rings (SSSR count). The van der Waals surface area contributed by atoms with Gasteiger partial charge in [0.05, 0.1) is 6.04 Å². The van der Waals surface area contributed by atoms with Crippen LogP contribution in [0.4, 0.5) is 0 Å². The van der Waals surface area contributed by atoms with Crippen LogP contribution in [-0.2, 0) is 16.0 Å². The number of hydrogen-bond acceptors (Lipinski definition) is 3. The molecular formula is C21H22Cl2N2O2S. The van der Waals surface area contributed by atoms with Crippen LogP contribution < -0.4 is 0 Å². The molecule has 2 unspecified atom stereocenters. The Hall–Kier alpha value is -1.82. The van der Waals surface area contributed by atoms with Gasteiger partial charge in [-0.2, -0.15) is 0 Å². The van der Waals surface area contributed by atoms with Crippen molar-refractivity contribution in [3.05, 3.63) is 69.4 Å². The minimum atomic E-state index is -0.690. The van der Waals surface area contributed by atoms with Gasteiger partial charge in [0.25, 0.3) is 0 Å². The molecule has 0 saturated carbocycles. The van der Waals surface area contributed by atoms with Crippen LogP contribution in [0.5, 0.6) is 0 Å². The van der Waals surface area contributed by atoms with Gasteiger partial charge < -0.3 is 9.80 Å². The van der Waals surface area contributed by atoms with Crippen LogP contribution in [0.25, 0.3) is 0 Å². The summed E-state index contributed by atoms with van der Waals surface area (Å²) >= 11 is 13.7. The molecule has 1 aromatic carbocycles. The SMILES string of the molecule is C=CCN(CC(=O)N1CCc2sccc2C1c1ccc(Cl)cc1)C(=O)C(C)Cl. The Bertz CT molecular complexity index is 864. The summed E-state index contributed by atoms with van der Waals surface area (Å²) in [6.45, 7) is 6.16. The van der Waals surface area contributed by atoms with E-state index in [1.807, 2.05) is 29.2 Å². The molecule has 0 bridgehead atoms. The second kappa shape index (κ2) is 9.12. The Labute approximate surface area is 179 Å². The molecule has 2 amide bonds. The summed E-state index contributed by atoms with van der Waals surface area (Å²) < 4.78 is 0. The van der Waals surface area contributed by atoms with E-state index in [9.17, 15) is 9.59 Å². The van der Waals surface area contributed by atoms with E-state index in [0.717, 1.165) is 17.5 Å². The molecule has 28 heavy (non-hydrogen) atoms. The molecule has 0 spiro atoms. The van der Waals surface area contributed by atoms with Gasteiger partial charge in [-0.15, -0.1) is 29.5 Å². The lowest BCUT2D eigenvalue weighted by molar-refractivity contribution is -0.141. The minimum absolute atomic E-state index is 0.0223. The van der Waals surface area contributed by atoms with Crippen LogP contribution in [0.15, 0.2) is 48.4 Å². The summed E-state index contributed by atoms with van der Waals surface area (Å²) in [4.78, 5) is 30.2. The van der Waals surface area contributed by atoms with Crippen molar-refractivity contribution in [2.24, 2.45) is 0 Å². The van der Waals surface area contributed by atoms with E-state index in [0.29, 0.717) is 11.6 Å². The third-order valence-electron chi connectivity index (χ3n) is 4.80. The zero-order valence-corrected chi connectivity index (χ0v) is 17.9. The van der Waals surface area contributed by atoms with Crippen molar-refractivity contribution in [3.8, 4) is 0 Å². The number of thiophene rings is 1. The van der Waals surface area contributed by atoms with Gasteiger partial charge in [0, 0.05) is 23.0 Å². The number of fused-ring (bicyclic) bond motifs is 1. The van der Waals surface area contributed by atoms with E-state index in [1.165, 1.54) is 9.78 Å². The molecule has 2 atom stereocenters. The van der Waals surface area contributed by atoms with Crippen LogP contribution in [0.1, 0.15) is 29.0 Å². The fraction of sp³-hybridized carbons (Fsp3) is 0.333. The zero-order chi connectivity index (χ0) is 20.3. The summed E-state index contributed by atoms with van der Waals surface area (Å²) in [5.41, 5.74) is 2.14. The number of benzene rings is 1. The highest BCUT2D eigenvalue weighted by atomic mass is 35.5. The molecule has 7 heteroatoms. The number of nitrogens with zero attached hydrogens (tertiary/aromatic N) is 2. The molecule has 4 nitrogen and oxygen atoms in total. The van der Waals surface area contributed by atoms with Gasteiger partial charge in [0.1, 0.15) is 11.9 Å². The maximum absolute atomic E-state index is 13.2. The first-order valence-corrected chi connectivity index (χ1v) is 10.8. The highest BCUT2D eigenvalue weighted by molar-refractivity contribution is 7.10. The van der Waals surface area contributed by atoms with Crippen molar-refractivity contribution < 1.29 is 9.59 Å². The highest BCUT2D eigenvalue weighted by Gasteiger charge is 2.34. The molecule has 0 fully saturated rings. The minimum Gasteiger partial charge on any atom is -0.330 e. The number of hydrogen-bond donors (Lipinski definition) is 0. The van der Waals surface area contributed by atoms with Crippen molar-refractivity contribution in [2.45, 2.75) is 24.8 Å². The van der Waals surface area contributed by atoms with Gasteiger partial charge in [0.15, 0.2) is 0 Å². The lowest BCUT2D eigenvalue weighted by Crippen LogP contribution is -2.48. The van der Waals surface area contributed by atoms with Crippen LogP contribution in [-0.4, -0.2) is 46.6 Å². The Morgan fingerprint density at radius 3 is 2.71 bits per heavy atom. The number of halogens is 2. The maximum Gasteiger partial charge on any atom is 0.243 e. The van der Waals surface area contributed by atoms with Gasteiger partial charge in [-0.25, -0.2) is 0 Å². The van der Waals surface area contributed by atoms with Crippen molar-refractivity contribution >= 4 is 46.4 Å². The fourth-order valence-electron chi connectivity index (χ4n) is 3.48. The standard InChI is InChI=1S/C21H22Cl2N2O2S/c1-3-10-24(21(27)14(2)22)13-19(26)25-11-8-18-17(9-12-28-18)20(25)15-4-6-16(23)7-5-15/h3-7,9,12,14,20H,1,8,10-11,13H2,2H3. The zero-order valence-electron chi connectivity index (χ0n) is 15.6. The molecule has 0 aliphatic carbocycles. The first-order chi connectivity index (χ1) is 13.4. The topological polar surface area (TPSA) is 40.6 Å². The average molecular weight is 437 g/mol. The highest BCUT2D eigenvalue weighted by Crippen LogP contribution is 2.38. The van der Waals surface area contributed by atoms with E-state index in [-0.39, 0.29) is 30.9 Å². The molecular weight excluding hydrogens is 415 g/mol. The molecule has 0 radical (unpaired) electrons. The van der Waals surface area contributed by atoms with Crippen molar-refractivity contribution in [1.29, 1.82) is 0 Å². The largest absolute Gasteiger partial charge is 0.330 e. The fourth-order valence-corrected chi connectivity index (χ4v) is 4.65. The first kappa shape index (κ1) is 20.9. The molecule has 2 heterocycles. The predicted octanol–water partition coefficient (Wildman–Crippen LogP) is 4.52. The number of amides is 2. The quantitative estimate of drug-likeness (QED) is 0.493. The smallest absolute Gasteiger partial charge is 0.243 e. The molecule has 1 aliphatic heterocycles. The summed E-state index contributed by atoms with van der Waals surface area (Å²) in [5.74, 6) is -0.379. The van der Waals surface area contributed by atoms with Gasteiger partial charge in [0.2, 0.25) is 11.8 Å². The van der Waals surface area contributed by atoms with Crippen LogP contribution >= 0.6 is 34.5 Å². The van der Waals surface area contributed by atoms with Gasteiger partial charge in [-0.3, -0.25) is 9.59 Å². The summed E-state index contributed by atoms with van der Waals surface area (Å²) in [6.07, 6.45) is 2.42. The van der Waals surface area contributed by atoms with E-state index in [1.54, 1.807) is 24.3 Å². The molecule has 0 saturated heterocycles. The van der Waals surface area contributed by atoms with Gasteiger partial charge in [-0.05, 0) is 48.1 Å². The Balaban J connectivity index is 1.90. The number of carbonyl (C=O) groups is 2. The predicted molar refractivity (Wildman–Crippen MR) is 115 cm³/mol. The van der Waals surface area contributed by atoms with E-state index >= 15 is 0 Å². The molecule has 2 aromatic rings. The molecule has 148 valence electrons. The second-order valence-corrected chi connectivity index (χ2v) is 8.81. The van der Waals surface area contributed by atoms with Crippen LogP contribution in [0.3, 0.4) is 0 Å². The summed E-state index contributed by atoms with van der Waals surface area (Å²) in [7, 11) is 0. The third kappa shape index (κ3) is 4.43. The monoisotopic (exact) mass is 436 g/mol. The third-order valence-corrected chi connectivity index (χ3v) is 6.23. The molecule has 0 N–H and O–H groups in total. The second-order valence-electron chi connectivity index (χ2n) is 6.71. The Morgan fingerprint density at radius 2 is 2.07 bits per heavy atom. The van der Waals surface area contributed by atoms with Gasteiger partial charge in [-0.1, -0.05) is 29.8 Å². The van der Waals surface area contributed by atoms with Crippen molar-refractivity contribution in [2.75, 3.05) is 19.6 Å². The number of rotatable bonds is 6. The molecule has 1 aliphatic rings. The van der Waals surface area contributed by atoms with E-state index in [2.05, 4.69) is 18.0 Å². The van der Waals surface area contributed by atoms with Crippen molar-refractivity contribution in [1.82, 2.24) is 9.80 Å². The Morgan fingerprint density at radius 1 is 1.36 bits per heavy atom. The van der Waals surface area contributed by atoms with E-state index in [4.69, 9.17) is 23.2 Å². The van der Waals surface area contributed by atoms with Crippen LogP contribution in [0, 0.1) is 0 Å². The maximum atomic E-state index is 13.2.